The van der Waals surface area contributed by atoms with E-state index in [-0.39, 0.29) is 11.6 Å². The fourth-order valence-electron chi connectivity index (χ4n) is 2.03. The molecule has 3 rings (SSSR count). The summed E-state index contributed by atoms with van der Waals surface area (Å²) in [5.74, 6) is -0.00701. The van der Waals surface area contributed by atoms with Gasteiger partial charge >= 0.3 is 0 Å². The molecule has 0 bridgehead atoms. The highest BCUT2D eigenvalue weighted by Gasteiger charge is 2.16. The van der Waals surface area contributed by atoms with Gasteiger partial charge in [-0.3, -0.25) is 9.78 Å². The van der Waals surface area contributed by atoms with Gasteiger partial charge in [0.1, 0.15) is 22.1 Å². The second-order valence-electron chi connectivity index (χ2n) is 4.90. The summed E-state index contributed by atoms with van der Waals surface area (Å²) >= 11 is 7.42. The van der Waals surface area contributed by atoms with Crippen LogP contribution in [0.3, 0.4) is 0 Å². The number of carbonyl (C=O) groups excluding carboxylic acids is 1. The van der Waals surface area contributed by atoms with Gasteiger partial charge in [0.25, 0.3) is 5.91 Å². The van der Waals surface area contributed by atoms with E-state index in [4.69, 9.17) is 16.3 Å². The molecule has 0 spiro atoms. The molecule has 0 atom stereocenters. The van der Waals surface area contributed by atoms with Crippen molar-refractivity contribution in [3.05, 3.63) is 52.3 Å². The Hall–Kier alpha value is -2.51. The van der Waals surface area contributed by atoms with E-state index in [2.05, 4.69) is 20.3 Å². The molecular weight excluding hydrogens is 348 g/mol. The normalized spacial score (nSPS) is 10.5. The van der Waals surface area contributed by atoms with Gasteiger partial charge in [0.15, 0.2) is 0 Å². The fraction of sp³-hybridized carbons (Fsp3) is 0.125. The van der Waals surface area contributed by atoms with Gasteiger partial charge in [-0.05, 0) is 30.7 Å². The van der Waals surface area contributed by atoms with E-state index >= 15 is 0 Å². The van der Waals surface area contributed by atoms with E-state index in [1.807, 2.05) is 6.92 Å². The second kappa shape index (κ2) is 6.94. The first-order chi connectivity index (χ1) is 11.6. The van der Waals surface area contributed by atoms with Gasteiger partial charge in [0.05, 0.1) is 12.1 Å². The molecule has 0 unspecified atom stereocenters. The quantitative estimate of drug-likeness (QED) is 0.765. The highest BCUT2D eigenvalue weighted by Crippen LogP contribution is 2.29. The summed E-state index contributed by atoms with van der Waals surface area (Å²) in [5, 5.41) is 5.49. The van der Waals surface area contributed by atoms with Crippen molar-refractivity contribution in [3.8, 4) is 16.6 Å². The lowest BCUT2D eigenvalue weighted by molar-refractivity contribution is 0.102. The Morgan fingerprint density at radius 2 is 2.21 bits per heavy atom. The number of hydrogen-bond acceptors (Lipinski definition) is 6. The number of rotatable bonds is 4. The number of hydrogen-bond donors (Lipinski definition) is 1. The topological polar surface area (TPSA) is 77.0 Å². The van der Waals surface area contributed by atoms with E-state index in [1.165, 1.54) is 18.4 Å². The molecule has 1 N–H and O–H groups in total. The maximum Gasteiger partial charge on any atom is 0.275 e. The second-order valence-corrected chi connectivity index (χ2v) is 6.16. The molecule has 3 aromatic rings. The van der Waals surface area contributed by atoms with Crippen molar-refractivity contribution in [1.29, 1.82) is 0 Å². The molecule has 0 aliphatic heterocycles. The summed E-state index contributed by atoms with van der Waals surface area (Å²) < 4.78 is 5.16. The Kier molecular flexibility index (Phi) is 4.73. The number of halogens is 1. The third kappa shape index (κ3) is 3.37. The Morgan fingerprint density at radius 1 is 1.38 bits per heavy atom. The Morgan fingerprint density at radius 3 is 2.96 bits per heavy atom. The molecule has 3 aromatic heterocycles. The van der Waals surface area contributed by atoms with Crippen molar-refractivity contribution in [2.45, 2.75) is 6.92 Å². The lowest BCUT2D eigenvalue weighted by Gasteiger charge is -2.08. The van der Waals surface area contributed by atoms with Crippen LogP contribution in [0.2, 0.25) is 5.02 Å². The van der Waals surface area contributed by atoms with Gasteiger partial charge in [0, 0.05) is 17.8 Å². The molecule has 0 fully saturated rings. The highest BCUT2D eigenvalue weighted by atomic mass is 35.5. The molecule has 0 saturated heterocycles. The molecule has 0 radical (unpaired) electrons. The summed E-state index contributed by atoms with van der Waals surface area (Å²) in [6.45, 7) is 1.88. The largest absolute Gasteiger partial charge is 0.480 e. The molecule has 0 saturated carbocycles. The first-order valence-corrected chi connectivity index (χ1v) is 8.22. The van der Waals surface area contributed by atoms with E-state index in [0.29, 0.717) is 27.3 Å². The summed E-state index contributed by atoms with van der Waals surface area (Å²) in [6.07, 6.45) is 3.30. The first kappa shape index (κ1) is 16.4. The average molecular weight is 361 g/mol. The van der Waals surface area contributed by atoms with Crippen molar-refractivity contribution in [2.75, 3.05) is 12.4 Å². The minimum absolute atomic E-state index is 0.278. The Bertz CT molecular complexity index is 897. The molecule has 0 aromatic carbocycles. The molecule has 6 nitrogen and oxygen atoms in total. The zero-order chi connectivity index (χ0) is 17.1. The van der Waals surface area contributed by atoms with Gasteiger partial charge in [-0.1, -0.05) is 11.6 Å². The maximum atomic E-state index is 12.4. The Labute approximate surface area is 147 Å². The van der Waals surface area contributed by atoms with Gasteiger partial charge < -0.3 is 10.1 Å². The maximum absolute atomic E-state index is 12.4. The number of amides is 1. The van der Waals surface area contributed by atoms with Crippen molar-refractivity contribution >= 4 is 34.5 Å². The zero-order valence-corrected chi connectivity index (χ0v) is 14.5. The van der Waals surface area contributed by atoms with Crippen LogP contribution in [-0.4, -0.2) is 28.0 Å². The van der Waals surface area contributed by atoms with E-state index in [0.717, 1.165) is 5.56 Å². The van der Waals surface area contributed by atoms with Crippen LogP contribution in [0.15, 0.2) is 36.0 Å². The third-order valence-electron chi connectivity index (χ3n) is 3.13. The van der Waals surface area contributed by atoms with Crippen LogP contribution in [0.5, 0.6) is 5.88 Å². The van der Waals surface area contributed by atoms with Gasteiger partial charge in [-0.25, -0.2) is 9.97 Å². The standard InChI is InChI=1S/C16H13ClN4O2S/c1-9-6-11(15(23-2)19-7-9)20-14(22)12-8-24-16(21-12)13-10(17)4-3-5-18-13/h3-8H,1-2H3,(H,20,22). The smallest absolute Gasteiger partial charge is 0.275 e. The molecule has 0 aliphatic rings. The van der Waals surface area contributed by atoms with Gasteiger partial charge in [-0.15, -0.1) is 11.3 Å². The van der Waals surface area contributed by atoms with Crippen LogP contribution in [-0.2, 0) is 0 Å². The van der Waals surface area contributed by atoms with Crippen LogP contribution in [0, 0.1) is 6.92 Å². The lowest BCUT2D eigenvalue weighted by atomic mass is 10.3. The zero-order valence-electron chi connectivity index (χ0n) is 12.9. The number of pyridine rings is 2. The third-order valence-corrected chi connectivity index (χ3v) is 4.28. The summed E-state index contributed by atoms with van der Waals surface area (Å²) in [6, 6.07) is 5.25. The number of carbonyl (C=O) groups is 1. The van der Waals surface area contributed by atoms with Gasteiger partial charge in [0.2, 0.25) is 5.88 Å². The van der Waals surface area contributed by atoms with Crippen LogP contribution in [0.25, 0.3) is 10.7 Å². The average Bonchev–Trinajstić information content (AvgIpc) is 3.05. The van der Waals surface area contributed by atoms with E-state index in [9.17, 15) is 4.79 Å². The molecule has 0 aliphatic carbocycles. The Balaban J connectivity index is 1.85. The highest BCUT2D eigenvalue weighted by molar-refractivity contribution is 7.13. The number of ether oxygens (including phenoxy) is 1. The summed E-state index contributed by atoms with van der Waals surface area (Å²) in [4.78, 5) is 25.1. The molecule has 122 valence electrons. The lowest BCUT2D eigenvalue weighted by Crippen LogP contribution is -2.13. The minimum Gasteiger partial charge on any atom is -0.480 e. The molecule has 1 amide bonds. The molecule has 24 heavy (non-hydrogen) atoms. The van der Waals surface area contributed by atoms with Crippen molar-refractivity contribution in [2.24, 2.45) is 0 Å². The number of nitrogens with one attached hydrogen (secondary N) is 1. The SMILES string of the molecule is COc1ncc(C)cc1NC(=O)c1csc(-c2ncccc2Cl)n1. The van der Waals surface area contributed by atoms with Crippen LogP contribution >= 0.6 is 22.9 Å². The fourth-order valence-corrected chi connectivity index (χ4v) is 3.10. The number of aryl methyl sites for hydroxylation is 1. The van der Waals surface area contributed by atoms with E-state index < -0.39 is 0 Å². The summed E-state index contributed by atoms with van der Waals surface area (Å²) in [7, 11) is 1.50. The van der Waals surface area contributed by atoms with Crippen LogP contribution in [0.1, 0.15) is 16.1 Å². The molecule has 8 heteroatoms. The number of anilines is 1. The number of aromatic nitrogens is 3. The first-order valence-electron chi connectivity index (χ1n) is 6.97. The van der Waals surface area contributed by atoms with Crippen LogP contribution in [0.4, 0.5) is 5.69 Å². The van der Waals surface area contributed by atoms with Crippen molar-refractivity contribution in [3.63, 3.8) is 0 Å². The molecule has 3 heterocycles. The number of thiazole rings is 1. The molecular formula is C16H13ClN4O2S. The summed E-state index contributed by atoms with van der Waals surface area (Å²) in [5.41, 5.74) is 2.23. The van der Waals surface area contributed by atoms with Crippen molar-refractivity contribution in [1.82, 2.24) is 15.0 Å². The minimum atomic E-state index is -0.352. The van der Waals surface area contributed by atoms with E-state index in [1.54, 1.807) is 36.0 Å². The predicted octanol–water partition coefficient (Wildman–Crippen LogP) is 3.82. The van der Waals surface area contributed by atoms with Gasteiger partial charge in [-0.2, -0.15) is 0 Å². The number of nitrogens with zero attached hydrogens (tertiary/aromatic N) is 3. The predicted molar refractivity (Wildman–Crippen MR) is 93.8 cm³/mol. The number of methoxy groups -OCH3 is 1. The monoisotopic (exact) mass is 360 g/mol. The van der Waals surface area contributed by atoms with Crippen LogP contribution < -0.4 is 10.1 Å². The van der Waals surface area contributed by atoms with Crippen molar-refractivity contribution < 1.29 is 9.53 Å².